The highest BCUT2D eigenvalue weighted by Gasteiger charge is 2.34. The predicted octanol–water partition coefficient (Wildman–Crippen LogP) is 3.67. The van der Waals surface area contributed by atoms with Gasteiger partial charge >= 0.3 is 5.97 Å². The van der Waals surface area contributed by atoms with Crippen molar-refractivity contribution in [1.29, 1.82) is 0 Å². The molecule has 1 fully saturated rings. The Morgan fingerprint density at radius 2 is 1.87 bits per heavy atom. The number of esters is 1. The summed E-state index contributed by atoms with van der Waals surface area (Å²) in [6, 6.07) is 15.4. The van der Waals surface area contributed by atoms with Crippen LogP contribution in [0.15, 0.2) is 71.9 Å². The first-order valence-corrected chi connectivity index (χ1v) is 11.8. The summed E-state index contributed by atoms with van der Waals surface area (Å²) >= 11 is 5.86. The zero-order valence-electron chi connectivity index (χ0n) is 16.7. The Kier molecular flexibility index (Phi) is 6.41. The van der Waals surface area contributed by atoms with E-state index in [1.807, 2.05) is 36.5 Å². The van der Waals surface area contributed by atoms with Gasteiger partial charge in [-0.1, -0.05) is 23.7 Å². The van der Waals surface area contributed by atoms with Crippen LogP contribution >= 0.6 is 11.6 Å². The minimum Gasteiger partial charge on any atom is -0.461 e. The van der Waals surface area contributed by atoms with Crippen LogP contribution in [0.25, 0.3) is 5.69 Å². The first-order chi connectivity index (χ1) is 14.9. The number of ether oxygens (including phenoxy) is 1. The molecule has 162 valence electrons. The van der Waals surface area contributed by atoms with Crippen LogP contribution in [0, 0.1) is 5.92 Å². The molecule has 0 radical (unpaired) electrons. The van der Waals surface area contributed by atoms with Crippen molar-refractivity contribution in [2.45, 2.75) is 24.3 Å². The SMILES string of the molecule is O=C(OCc1ccc(-n2cccn2)cc1)C1CCCN(S(=O)(=O)c2ccc(Cl)cc2)C1. The molecule has 1 aliphatic heterocycles. The zero-order valence-corrected chi connectivity index (χ0v) is 18.3. The van der Waals surface area contributed by atoms with E-state index in [0.717, 1.165) is 11.3 Å². The third-order valence-corrected chi connectivity index (χ3v) is 7.39. The van der Waals surface area contributed by atoms with Crippen LogP contribution in [0.4, 0.5) is 0 Å². The van der Waals surface area contributed by atoms with E-state index in [0.29, 0.717) is 24.4 Å². The maximum Gasteiger partial charge on any atom is 0.310 e. The van der Waals surface area contributed by atoms with Crippen molar-refractivity contribution in [3.8, 4) is 5.69 Å². The van der Waals surface area contributed by atoms with Gasteiger partial charge in [-0.05, 0) is 60.9 Å². The molecule has 1 atom stereocenters. The molecular formula is C22H22ClN3O4S. The van der Waals surface area contributed by atoms with Crippen LogP contribution in [0.5, 0.6) is 0 Å². The van der Waals surface area contributed by atoms with Crippen LogP contribution in [0.1, 0.15) is 18.4 Å². The number of hydrogen-bond donors (Lipinski definition) is 0. The fourth-order valence-corrected chi connectivity index (χ4v) is 5.20. The molecule has 3 aromatic rings. The minimum absolute atomic E-state index is 0.113. The Hall–Kier alpha value is -2.68. The molecule has 0 amide bonds. The Balaban J connectivity index is 1.36. The van der Waals surface area contributed by atoms with Crippen LogP contribution in [0.2, 0.25) is 5.02 Å². The molecule has 1 unspecified atom stereocenters. The standard InChI is InChI=1S/C22H22ClN3O4S/c23-19-6-10-21(11-7-19)31(28,29)25-13-1-3-18(15-25)22(27)30-16-17-4-8-20(9-5-17)26-14-2-12-24-26/h2,4-12,14,18H,1,3,13,15-16H2. The average molecular weight is 460 g/mol. The molecule has 0 N–H and O–H groups in total. The van der Waals surface area contributed by atoms with Crippen molar-refractivity contribution in [3.63, 3.8) is 0 Å². The number of halogens is 1. The van der Waals surface area contributed by atoms with Crippen molar-refractivity contribution in [2.75, 3.05) is 13.1 Å². The molecule has 2 aromatic carbocycles. The van der Waals surface area contributed by atoms with Crippen molar-refractivity contribution < 1.29 is 17.9 Å². The fraction of sp³-hybridized carbons (Fsp3) is 0.273. The molecule has 1 saturated heterocycles. The summed E-state index contributed by atoms with van der Waals surface area (Å²) in [5.74, 6) is -0.869. The maximum absolute atomic E-state index is 12.9. The first-order valence-electron chi connectivity index (χ1n) is 9.95. The third kappa shape index (κ3) is 4.98. The number of piperidine rings is 1. The van der Waals surface area contributed by atoms with E-state index in [4.69, 9.17) is 16.3 Å². The van der Waals surface area contributed by atoms with Gasteiger partial charge in [0.25, 0.3) is 0 Å². The van der Waals surface area contributed by atoms with E-state index in [9.17, 15) is 13.2 Å². The maximum atomic E-state index is 12.9. The third-order valence-electron chi connectivity index (χ3n) is 5.26. The van der Waals surface area contributed by atoms with Crippen LogP contribution in [-0.2, 0) is 26.2 Å². The molecule has 0 bridgehead atoms. The summed E-state index contributed by atoms with van der Waals surface area (Å²) in [5, 5.41) is 4.64. The number of carbonyl (C=O) groups is 1. The molecule has 0 saturated carbocycles. The van der Waals surface area contributed by atoms with Crippen LogP contribution in [-0.4, -0.2) is 41.6 Å². The second-order valence-corrected chi connectivity index (χ2v) is 9.76. The van der Waals surface area contributed by atoms with Gasteiger partial charge in [0.2, 0.25) is 10.0 Å². The Bertz CT molecular complexity index is 1130. The predicted molar refractivity (Wildman–Crippen MR) is 116 cm³/mol. The van der Waals surface area contributed by atoms with E-state index in [1.54, 1.807) is 23.0 Å². The van der Waals surface area contributed by atoms with Gasteiger partial charge in [0.05, 0.1) is 16.5 Å². The zero-order chi connectivity index (χ0) is 21.8. The average Bonchev–Trinajstić information content (AvgIpc) is 3.33. The number of aromatic nitrogens is 2. The van der Waals surface area contributed by atoms with E-state index in [-0.39, 0.29) is 24.0 Å². The second-order valence-electron chi connectivity index (χ2n) is 7.38. The highest BCUT2D eigenvalue weighted by Crippen LogP contribution is 2.25. The van der Waals surface area contributed by atoms with Gasteiger partial charge < -0.3 is 4.74 Å². The van der Waals surface area contributed by atoms with Crippen LogP contribution < -0.4 is 0 Å². The number of carbonyl (C=O) groups excluding carboxylic acids is 1. The summed E-state index contributed by atoms with van der Waals surface area (Å²) in [4.78, 5) is 12.8. The number of rotatable bonds is 6. The molecule has 0 spiro atoms. The van der Waals surface area contributed by atoms with Crippen molar-refractivity contribution in [3.05, 3.63) is 77.6 Å². The van der Waals surface area contributed by atoms with Gasteiger partial charge in [0.1, 0.15) is 6.61 Å². The Morgan fingerprint density at radius 1 is 1.13 bits per heavy atom. The topological polar surface area (TPSA) is 81.5 Å². The fourth-order valence-electron chi connectivity index (χ4n) is 3.55. The molecule has 9 heteroatoms. The van der Waals surface area contributed by atoms with Gasteiger partial charge in [-0.2, -0.15) is 9.40 Å². The second kappa shape index (κ2) is 9.21. The highest BCUT2D eigenvalue weighted by molar-refractivity contribution is 7.89. The number of sulfonamides is 1. The van der Waals surface area contributed by atoms with E-state index < -0.39 is 15.9 Å². The van der Waals surface area contributed by atoms with E-state index in [2.05, 4.69) is 5.10 Å². The molecule has 4 rings (SSSR count). The summed E-state index contributed by atoms with van der Waals surface area (Å²) in [5.41, 5.74) is 1.76. The normalized spacial score (nSPS) is 17.4. The lowest BCUT2D eigenvalue weighted by Gasteiger charge is -2.30. The summed E-state index contributed by atoms with van der Waals surface area (Å²) < 4.78 is 34.4. The molecule has 1 aromatic heterocycles. The van der Waals surface area contributed by atoms with Crippen molar-refractivity contribution in [1.82, 2.24) is 14.1 Å². The molecule has 31 heavy (non-hydrogen) atoms. The smallest absolute Gasteiger partial charge is 0.310 e. The lowest BCUT2D eigenvalue weighted by molar-refractivity contribution is -0.151. The number of benzene rings is 2. The van der Waals surface area contributed by atoms with E-state index in [1.165, 1.54) is 16.4 Å². The van der Waals surface area contributed by atoms with Gasteiger partial charge in [-0.3, -0.25) is 4.79 Å². The quantitative estimate of drug-likeness (QED) is 0.525. The first kappa shape index (κ1) is 21.5. The lowest BCUT2D eigenvalue weighted by atomic mass is 10.00. The number of nitrogens with zero attached hydrogens (tertiary/aromatic N) is 3. The Morgan fingerprint density at radius 3 is 2.55 bits per heavy atom. The Labute approximate surface area is 186 Å². The molecule has 7 nitrogen and oxygen atoms in total. The molecular weight excluding hydrogens is 438 g/mol. The lowest BCUT2D eigenvalue weighted by Crippen LogP contribution is -2.42. The van der Waals surface area contributed by atoms with Crippen LogP contribution in [0.3, 0.4) is 0 Å². The summed E-state index contributed by atoms with van der Waals surface area (Å²) in [6.07, 6.45) is 4.76. The molecule has 0 aliphatic carbocycles. The van der Waals surface area contributed by atoms with Crippen molar-refractivity contribution in [2.24, 2.45) is 5.92 Å². The van der Waals surface area contributed by atoms with Gasteiger partial charge in [0, 0.05) is 30.5 Å². The number of hydrogen-bond acceptors (Lipinski definition) is 5. The van der Waals surface area contributed by atoms with E-state index >= 15 is 0 Å². The molecule has 1 aliphatic rings. The van der Waals surface area contributed by atoms with Crippen molar-refractivity contribution >= 4 is 27.6 Å². The monoisotopic (exact) mass is 459 g/mol. The van der Waals surface area contributed by atoms with Gasteiger partial charge in [-0.25, -0.2) is 13.1 Å². The van der Waals surface area contributed by atoms with Gasteiger partial charge in [0.15, 0.2) is 0 Å². The molecule has 2 heterocycles. The minimum atomic E-state index is -3.68. The highest BCUT2D eigenvalue weighted by atomic mass is 35.5. The van der Waals surface area contributed by atoms with Gasteiger partial charge in [-0.15, -0.1) is 0 Å². The summed E-state index contributed by atoms with van der Waals surface area (Å²) in [6.45, 7) is 0.629. The largest absolute Gasteiger partial charge is 0.461 e. The summed E-state index contributed by atoms with van der Waals surface area (Å²) in [7, 11) is -3.68.